The SMILES string of the molecule is CCOC(=O)C1=C(O)/C(=C/c2cn(CCCOc3ccccc3C)c3ccccc23)SC1=Nc1ccc(OCC)cc1. The molecule has 0 radical (unpaired) electrons. The van der Waals surface area contributed by atoms with Crippen LogP contribution < -0.4 is 9.47 Å². The van der Waals surface area contributed by atoms with Crippen LogP contribution in [0.25, 0.3) is 17.0 Å². The standard InChI is InChI=1S/C34H34N2O5S/c1-4-39-26-17-15-25(16-18-26)35-33-31(34(38)40-5-2)32(37)30(42-33)21-24-22-36(28-13-8-7-12-27(24)28)19-10-20-41-29-14-9-6-11-23(29)3/h6-9,11-18,21-22,37H,4-5,10,19-20H2,1-3H3/b30-21-,35-33?. The number of aliphatic hydroxyl groups excluding tert-OH is 1. The van der Waals surface area contributed by atoms with Crippen molar-refractivity contribution in [3.05, 3.63) is 106 Å². The molecule has 7 nitrogen and oxygen atoms in total. The quantitative estimate of drug-likeness (QED) is 0.142. The fourth-order valence-corrected chi connectivity index (χ4v) is 5.77. The van der Waals surface area contributed by atoms with Crippen molar-refractivity contribution in [2.75, 3.05) is 19.8 Å². The molecule has 216 valence electrons. The van der Waals surface area contributed by atoms with Gasteiger partial charge in [-0.05, 0) is 75.2 Å². The van der Waals surface area contributed by atoms with Crippen LogP contribution in [0.15, 0.2) is 100 Å². The second-order valence-electron chi connectivity index (χ2n) is 9.66. The Morgan fingerprint density at radius 3 is 2.50 bits per heavy atom. The average molecular weight is 583 g/mol. The Kier molecular flexibility index (Phi) is 9.34. The van der Waals surface area contributed by atoms with Gasteiger partial charge in [-0.2, -0.15) is 0 Å². The van der Waals surface area contributed by atoms with Crippen LogP contribution in [0.2, 0.25) is 0 Å². The molecule has 1 aliphatic heterocycles. The van der Waals surface area contributed by atoms with Crippen LogP contribution in [-0.2, 0) is 16.1 Å². The van der Waals surface area contributed by atoms with Crippen molar-refractivity contribution in [2.45, 2.75) is 33.7 Å². The van der Waals surface area contributed by atoms with Gasteiger partial charge in [-0.3, -0.25) is 0 Å². The first-order valence-corrected chi connectivity index (χ1v) is 14.9. The van der Waals surface area contributed by atoms with Gasteiger partial charge in [0, 0.05) is 29.2 Å². The number of hydrogen-bond donors (Lipinski definition) is 1. The fourth-order valence-electron chi connectivity index (χ4n) is 4.74. The van der Waals surface area contributed by atoms with E-state index in [9.17, 15) is 9.90 Å². The highest BCUT2D eigenvalue weighted by Crippen LogP contribution is 2.41. The van der Waals surface area contributed by atoms with E-state index >= 15 is 0 Å². The van der Waals surface area contributed by atoms with Gasteiger partial charge in [0.05, 0.1) is 30.4 Å². The molecule has 8 heteroatoms. The van der Waals surface area contributed by atoms with Crippen molar-refractivity contribution in [3.63, 3.8) is 0 Å². The third-order valence-corrected chi connectivity index (χ3v) is 7.77. The first-order valence-electron chi connectivity index (χ1n) is 14.1. The van der Waals surface area contributed by atoms with Gasteiger partial charge in [0.25, 0.3) is 0 Å². The molecule has 0 saturated heterocycles. The van der Waals surface area contributed by atoms with E-state index in [2.05, 4.69) is 27.9 Å². The molecule has 0 saturated carbocycles. The lowest BCUT2D eigenvalue weighted by molar-refractivity contribution is -0.138. The minimum Gasteiger partial charge on any atom is -0.506 e. The highest BCUT2D eigenvalue weighted by atomic mass is 32.2. The molecule has 0 aliphatic carbocycles. The lowest BCUT2D eigenvalue weighted by atomic mass is 10.1. The van der Waals surface area contributed by atoms with E-state index in [1.165, 1.54) is 11.8 Å². The number of ether oxygens (including phenoxy) is 3. The summed E-state index contributed by atoms with van der Waals surface area (Å²) in [7, 11) is 0. The topological polar surface area (TPSA) is 82.3 Å². The van der Waals surface area contributed by atoms with Gasteiger partial charge in [0.2, 0.25) is 0 Å². The van der Waals surface area contributed by atoms with Crippen LogP contribution in [-0.4, -0.2) is 40.5 Å². The van der Waals surface area contributed by atoms with Gasteiger partial charge in [-0.25, -0.2) is 9.79 Å². The van der Waals surface area contributed by atoms with Gasteiger partial charge >= 0.3 is 5.97 Å². The number of esters is 1. The maximum atomic E-state index is 12.9. The Bertz CT molecular complexity index is 1670. The predicted octanol–water partition coefficient (Wildman–Crippen LogP) is 8.01. The number of aromatic nitrogens is 1. The maximum absolute atomic E-state index is 12.9. The molecule has 1 aromatic heterocycles. The molecule has 3 aromatic carbocycles. The number of carbonyl (C=O) groups excluding carboxylic acids is 1. The molecule has 4 aromatic rings. The number of rotatable bonds is 11. The highest BCUT2D eigenvalue weighted by molar-refractivity contribution is 8.18. The van der Waals surface area contributed by atoms with E-state index in [0.29, 0.717) is 28.9 Å². The zero-order valence-electron chi connectivity index (χ0n) is 24.0. The lowest BCUT2D eigenvalue weighted by Crippen LogP contribution is -2.12. The Balaban J connectivity index is 1.41. The van der Waals surface area contributed by atoms with Crippen molar-refractivity contribution in [2.24, 2.45) is 4.99 Å². The van der Waals surface area contributed by atoms with Gasteiger partial charge in [-0.15, -0.1) is 0 Å². The third kappa shape index (κ3) is 6.55. The van der Waals surface area contributed by atoms with Gasteiger partial charge in [-0.1, -0.05) is 48.2 Å². The molecular formula is C34H34N2O5S. The molecule has 42 heavy (non-hydrogen) atoms. The third-order valence-electron chi connectivity index (χ3n) is 6.75. The highest BCUT2D eigenvalue weighted by Gasteiger charge is 2.33. The molecule has 1 aliphatic rings. The Labute approximate surface area is 250 Å². The molecule has 0 spiro atoms. The van der Waals surface area contributed by atoms with Crippen LogP contribution in [0.4, 0.5) is 5.69 Å². The molecule has 0 amide bonds. The van der Waals surface area contributed by atoms with Crippen LogP contribution in [0.3, 0.4) is 0 Å². The Hall–Kier alpha value is -4.43. The summed E-state index contributed by atoms with van der Waals surface area (Å²) in [4.78, 5) is 18.1. The molecular weight excluding hydrogens is 548 g/mol. The summed E-state index contributed by atoms with van der Waals surface area (Å²) in [6.45, 7) is 7.83. The Morgan fingerprint density at radius 2 is 1.74 bits per heavy atom. The average Bonchev–Trinajstić information content (AvgIpc) is 3.49. The first-order chi connectivity index (χ1) is 20.5. The number of para-hydroxylation sites is 2. The number of benzene rings is 3. The minimum atomic E-state index is -0.605. The molecule has 0 bridgehead atoms. The van der Waals surface area contributed by atoms with Crippen molar-refractivity contribution < 1.29 is 24.1 Å². The summed E-state index contributed by atoms with van der Waals surface area (Å²) < 4.78 is 19.0. The van der Waals surface area contributed by atoms with E-state index in [0.717, 1.165) is 46.5 Å². The second-order valence-corrected chi connectivity index (χ2v) is 10.7. The van der Waals surface area contributed by atoms with Crippen LogP contribution in [0.1, 0.15) is 31.4 Å². The normalized spacial score (nSPS) is 15.1. The van der Waals surface area contributed by atoms with Crippen molar-refractivity contribution in [3.8, 4) is 11.5 Å². The zero-order chi connectivity index (χ0) is 29.5. The molecule has 0 fully saturated rings. The number of hydrogen-bond acceptors (Lipinski definition) is 7. The van der Waals surface area contributed by atoms with Crippen LogP contribution in [0, 0.1) is 6.92 Å². The number of fused-ring (bicyclic) bond motifs is 1. The van der Waals surface area contributed by atoms with Crippen LogP contribution >= 0.6 is 11.8 Å². The van der Waals surface area contributed by atoms with Gasteiger partial charge < -0.3 is 23.9 Å². The minimum absolute atomic E-state index is 0.0686. The number of aliphatic imine (C=N–C) groups is 1. The van der Waals surface area contributed by atoms with Crippen molar-refractivity contribution in [1.29, 1.82) is 0 Å². The lowest BCUT2D eigenvalue weighted by Gasteiger charge is -2.09. The smallest absolute Gasteiger partial charge is 0.344 e. The van der Waals surface area contributed by atoms with Gasteiger partial charge in [0.15, 0.2) is 0 Å². The predicted molar refractivity (Wildman–Crippen MR) is 170 cm³/mol. The molecule has 5 rings (SSSR count). The van der Waals surface area contributed by atoms with E-state index in [1.54, 1.807) is 6.92 Å². The summed E-state index contributed by atoms with van der Waals surface area (Å²) >= 11 is 1.25. The van der Waals surface area contributed by atoms with Crippen molar-refractivity contribution >= 4 is 45.4 Å². The van der Waals surface area contributed by atoms with E-state index < -0.39 is 5.97 Å². The molecule has 0 atom stereocenters. The van der Waals surface area contributed by atoms with Crippen molar-refractivity contribution in [1.82, 2.24) is 4.57 Å². The molecule has 1 N–H and O–H groups in total. The summed E-state index contributed by atoms with van der Waals surface area (Å²) in [6, 6.07) is 23.5. The number of aliphatic hydroxyl groups is 1. The number of aryl methyl sites for hydroxylation is 2. The van der Waals surface area contributed by atoms with E-state index in [-0.39, 0.29) is 17.9 Å². The zero-order valence-corrected chi connectivity index (χ0v) is 24.8. The van der Waals surface area contributed by atoms with E-state index in [1.807, 2.05) is 80.6 Å². The number of thioether (sulfide) groups is 1. The summed E-state index contributed by atoms with van der Waals surface area (Å²) in [5.41, 5.74) is 3.85. The molecule has 0 unspecified atom stereocenters. The summed E-state index contributed by atoms with van der Waals surface area (Å²) in [6.07, 6.45) is 4.81. The maximum Gasteiger partial charge on any atom is 0.344 e. The van der Waals surface area contributed by atoms with Crippen LogP contribution in [0.5, 0.6) is 11.5 Å². The van der Waals surface area contributed by atoms with Gasteiger partial charge in [0.1, 0.15) is 27.9 Å². The first kappa shape index (κ1) is 29.1. The fraction of sp³-hybridized carbons (Fsp3) is 0.235. The number of nitrogens with zero attached hydrogens (tertiary/aromatic N) is 2. The monoisotopic (exact) mass is 582 g/mol. The van der Waals surface area contributed by atoms with E-state index in [4.69, 9.17) is 14.2 Å². The number of carbonyl (C=O) groups is 1. The second kappa shape index (κ2) is 13.5. The Morgan fingerprint density at radius 1 is 0.976 bits per heavy atom. The largest absolute Gasteiger partial charge is 0.506 e. The molecule has 2 heterocycles. The summed E-state index contributed by atoms with van der Waals surface area (Å²) in [5.74, 6) is 0.905. The summed E-state index contributed by atoms with van der Waals surface area (Å²) in [5, 5.41) is 12.7.